The first kappa shape index (κ1) is 16.8. The molecule has 0 amide bonds. The van der Waals surface area contributed by atoms with E-state index in [0.29, 0.717) is 11.0 Å². The van der Waals surface area contributed by atoms with E-state index in [1.165, 1.54) is 6.34 Å². The number of hydrogen-bond acceptors (Lipinski definition) is 5. The number of carbonyl (C=O) groups excluding carboxylic acids is 1. The molecule has 7 nitrogen and oxygen atoms in total. The second-order valence-corrected chi connectivity index (χ2v) is 4.59. The average Bonchev–Trinajstić information content (AvgIpc) is 2.43. The fourth-order valence-corrected chi connectivity index (χ4v) is 1.40. The van der Waals surface area contributed by atoms with Gasteiger partial charge >= 0.3 is 11.8 Å². The highest BCUT2D eigenvalue weighted by atomic mass is 19.1. The number of unbranched alkanes of at least 4 members (excludes halogenated alkanes) is 2. The van der Waals surface area contributed by atoms with Crippen LogP contribution in [0.3, 0.4) is 0 Å². The summed E-state index contributed by atoms with van der Waals surface area (Å²) in [4.78, 5) is 32.0. The normalized spacial score (nSPS) is 10.9. The Kier molecular flexibility index (Phi) is 6.51. The van der Waals surface area contributed by atoms with Crippen molar-refractivity contribution in [3.63, 3.8) is 0 Å². The Labute approximate surface area is 122 Å². The number of ether oxygens (including phenoxy) is 1. The van der Waals surface area contributed by atoms with Crippen LogP contribution < -0.4 is 5.69 Å². The van der Waals surface area contributed by atoms with Gasteiger partial charge in [0, 0.05) is 14.1 Å². The lowest BCUT2D eigenvalue weighted by molar-refractivity contribution is 0.144. The zero-order chi connectivity index (χ0) is 15.8. The van der Waals surface area contributed by atoms with Gasteiger partial charge in [0.25, 0.3) is 0 Å². The van der Waals surface area contributed by atoms with Crippen LogP contribution in [0, 0.1) is 5.82 Å². The number of carbonyl (C=O) groups is 1. The van der Waals surface area contributed by atoms with Crippen LogP contribution in [-0.2, 0) is 4.74 Å². The average molecular weight is 298 g/mol. The van der Waals surface area contributed by atoms with Crippen molar-refractivity contribution in [2.24, 2.45) is 4.99 Å². The molecule has 1 aromatic rings. The zero-order valence-electron chi connectivity index (χ0n) is 12.4. The molecule has 0 aliphatic carbocycles. The molecule has 1 aromatic heterocycles. The fraction of sp³-hybridized carbons (Fsp3) is 0.538. The highest BCUT2D eigenvalue weighted by Crippen LogP contribution is 2.10. The minimum absolute atomic E-state index is 0.182. The van der Waals surface area contributed by atoms with Crippen molar-refractivity contribution in [3.8, 4) is 0 Å². The maximum absolute atomic E-state index is 13.7. The number of hydrogen-bond donors (Lipinski definition) is 0. The summed E-state index contributed by atoms with van der Waals surface area (Å²) in [7, 11) is 3.38. The van der Waals surface area contributed by atoms with Crippen LogP contribution in [0.5, 0.6) is 0 Å². The molecule has 1 heterocycles. The van der Waals surface area contributed by atoms with Crippen LogP contribution >= 0.6 is 0 Å². The third-order valence-corrected chi connectivity index (χ3v) is 2.44. The lowest BCUT2D eigenvalue weighted by Crippen LogP contribution is -2.30. The van der Waals surface area contributed by atoms with Gasteiger partial charge in [0.1, 0.15) is 0 Å². The van der Waals surface area contributed by atoms with Gasteiger partial charge in [-0.05, 0) is 6.42 Å². The van der Waals surface area contributed by atoms with Gasteiger partial charge < -0.3 is 9.64 Å². The molecule has 0 N–H and O–H groups in total. The summed E-state index contributed by atoms with van der Waals surface area (Å²) in [5, 5.41) is 0. The van der Waals surface area contributed by atoms with Gasteiger partial charge in [-0.15, -0.1) is 0 Å². The molecule has 116 valence electrons. The molecule has 1 rings (SSSR count). The quantitative estimate of drug-likeness (QED) is 0.454. The van der Waals surface area contributed by atoms with Crippen molar-refractivity contribution >= 4 is 18.2 Å². The number of nitrogens with zero attached hydrogens (tertiary/aromatic N) is 4. The van der Waals surface area contributed by atoms with Crippen molar-refractivity contribution in [2.75, 3.05) is 20.7 Å². The van der Waals surface area contributed by atoms with E-state index < -0.39 is 17.6 Å². The summed E-state index contributed by atoms with van der Waals surface area (Å²) in [5.41, 5.74) is -0.928. The molecule has 0 saturated carbocycles. The molecular weight excluding hydrogens is 279 g/mol. The summed E-state index contributed by atoms with van der Waals surface area (Å²) in [6.07, 6.45) is 3.68. The predicted octanol–water partition coefficient (Wildman–Crippen LogP) is 1.78. The van der Waals surface area contributed by atoms with Crippen LogP contribution in [0.25, 0.3) is 0 Å². The highest BCUT2D eigenvalue weighted by molar-refractivity contribution is 5.70. The number of aliphatic imine (C=N–C) groups is 1. The van der Waals surface area contributed by atoms with Gasteiger partial charge in [0.2, 0.25) is 0 Å². The van der Waals surface area contributed by atoms with Crippen molar-refractivity contribution in [1.29, 1.82) is 0 Å². The Morgan fingerprint density at radius 2 is 2.24 bits per heavy atom. The Morgan fingerprint density at radius 1 is 1.52 bits per heavy atom. The Morgan fingerprint density at radius 3 is 2.86 bits per heavy atom. The molecule has 0 atom stereocenters. The third-order valence-electron chi connectivity index (χ3n) is 2.44. The first-order chi connectivity index (χ1) is 9.95. The zero-order valence-corrected chi connectivity index (χ0v) is 12.4. The van der Waals surface area contributed by atoms with Crippen LogP contribution in [0.2, 0.25) is 0 Å². The molecular formula is C13H19FN4O3. The van der Waals surface area contributed by atoms with E-state index in [-0.39, 0.29) is 12.4 Å². The van der Waals surface area contributed by atoms with Crippen molar-refractivity contribution in [1.82, 2.24) is 14.5 Å². The monoisotopic (exact) mass is 298 g/mol. The van der Waals surface area contributed by atoms with Crippen molar-refractivity contribution in [3.05, 3.63) is 22.5 Å². The van der Waals surface area contributed by atoms with E-state index in [2.05, 4.69) is 9.98 Å². The van der Waals surface area contributed by atoms with E-state index in [1.54, 1.807) is 19.0 Å². The Hall–Kier alpha value is -2.25. The Bertz CT molecular complexity index is 569. The van der Waals surface area contributed by atoms with Crippen LogP contribution in [0.4, 0.5) is 15.0 Å². The van der Waals surface area contributed by atoms with Crippen molar-refractivity contribution in [2.45, 2.75) is 26.2 Å². The number of aromatic nitrogens is 2. The van der Waals surface area contributed by atoms with E-state index in [4.69, 9.17) is 4.74 Å². The number of rotatable bonds is 6. The van der Waals surface area contributed by atoms with Gasteiger partial charge in [-0.2, -0.15) is 9.55 Å². The lowest BCUT2D eigenvalue weighted by atomic mass is 10.3. The standard InChI is InChI=1S/C13H19FN4O3/c1-4-5-6-7-21-13(20)18-8-10(14)11(16-12(18)19)15-9-17(2)3/h8-9H,4-7H2,1-3H3/b15-9+. The fourth-order valence-electron chi connectivity index (χ4n) is 1.40. The first-order valence-electron chi connectivity index (χ1n) is 6.62. The highest BCUT2D eigenvalue weighted by Gasteiger charge is 2.14. The maximum atomic E-state index is 13.7. The van der Waals surface area contributed by atoms with Crippen LogP contribution in [0.15, 0.2) is 16.0 Å². The van der Waals surface area contributed by atoms with E-state index in [0.717, 1.165) is 19.0 Å². The van der Waals surface area contributed by atoms with Crippen LogP contribution in [0.1, 0.15) is 26.2 Å². The molecule has 0 aliphatic rings. The summed E-state index contributed by atoms with van der Waals surface area (Å²) in [5.74, 6) is -1.25. The van der Waals surface area contributed by atoms with Gasteiger partial charge in [0.05, 0.1) is 19.1 Å². The van der Waals surface area contributed by atoms with Gasteiger partial charge in [-0.1, -0.05) is 19.8 Å². The second-order valence-electron chi connectivity index (χ2n) is 4.59. The van der Waals surface area contributed by atoms with Crippen LogP contribution in [-0.4, -0.2) is 47.6 Å². The topological polar surface area (TPSA) is 76.8 Å². The maximum Gasteiger partial charge on any atom is 0.422 e. The Balaban J connectivity index is 2.83. The predicted molar refractivity (Wildman–Crippen MR) is 76.6 cm³/mol. The van der Waals surface area contributed by atoms with Gasteiger partial charge in [0.15, 0.2) is 11.6 Å². The lowest BCUT2D eigenvalue weighted by Gasteiger charge is -2.07. The summed E-state index contributed by atoms with van der Waals surface area (Å²) >= 11 is 0. The molecule has 0 unspecified atom stereocenters. The molecule has 0 aliphatic heterocycles. The minimum atomic E-state index is -0.939. The first-order valence-corrected chi connectivity index (χ1v) is 6.62. The number of halogens is 1. The minimum Gasteiger partial charge on any atom is -0.449 e. The molecule has 0 fully saturated rings. The summed E-state index contributed by atoms with van der Waals surface area (Å²) in [6.45, 7) is 2.19. The largest absolute Gasteiger partial charge is 0.449 e. The van der Waals surface area contributed by atoms with E-state index in [9.17, 15) is 14.0 Å². The third kappa shape index (κ3) is 5.33. The van der Waals surface area contributed by atoms with Crippen molar-refractivity contribution < 1.29 is 13.9 Å². The summed E-state index contributed by atoms with van der Waals surface area (Å²) < 4.78 is 19.1. The molecule has 0 radical (unpaired) electrons. The molecule has 0 aromatic carbocycles. The second kappa shape index (κ2) is 8.13. The summed E-state index contributed by atoms with van der Waals surface area (Å²) in [6, 6.07) is 0. The molecule has 21 heavy (non-hydrogen) atoms. The van der Waals surface area contributed by atoms with E-state index >= 15 is 0 Å². The van der Waals surface area contributed by atoms with E-state index in [1.807, 2.05) is 6.92 Å². The van der Waals surface area contributed by atoms with Gasteiger partial charge in [-0.3, -0.25) is 0 Å². The molecule has 0 bridgehead atoms. The molecule has 0 spiro atoms. The van der Waals surface area contributed by atoms with Gasteiger partial charge in [-0.25, -0.2) is 19.0 Å². The smallest absolute Gasteiger partial charge is 0.422 e. The molecule has 8 heteroatoms. The SMILES string of the molecule is CCCCCOC(=O)n1cc(F)c(/N=C/N(C)C)nc1=O. The molecule has 0 saturated heterocycles.